The summed E-state index contributed by atoms with van der Waals surface area (Å²) in [5.74, 6) is 1.22. The van der Waals surface area contributed by atoms with Crippen LogP contribution in [0.15, 0.2) is 12.3 Å². The lowest BCUT2D eigenvalue weighted by Crippen LogP contribution is -2.34. The second kappa shape index (κ2) is 7.95. The second-order valence-corrected chi connectivity index (χ2v) is 6.91. The first-order valence-electron chi connectivity index (χ1n) is 7.61. The van der Waals surface area contributed by atoms with Crippen LogP contribution in [-0.2, 0) is 13.5 Å². The zero-order valence-corrected chi connectivity index (χ0v) is 13.1. The average molecular weight is 281 g/mol. The molecule has 1 heterocycles. The summed E-state index contributed by atoms with van der Waals surface area (Å²) in [6.07, 6.45) is 10.0. The summed E-state index contributed by atoms with van der Waals surface area (Å²) in [6, 6.07) is 2.71. The molecule has 4 heteroatoms. The number of nitrogens with zero attached hydrogens (tertiary/aromatic N) is 2. The monoisotopic (exact) mass is 281 g/mol. The summed E-state index contributed by atoms with van der Waals surface area (Å²) < 4.78 is 1.90. The van der Waals surface area contributed by atoms with Gasteiger partial charge in [-0.1, -0.05) is 19.8 Å². The van der Waals surface area contributed by atoms with Crippen molar-refractivity contribution in [1.82, 2.24) is 15.1 Å². The van der Waals surface area contributed by atoms with Gasteiger partial charge in [0.2, 0.25) is 0 Å². The molecule has 1 atom stereocenters. The number of hydrogen-bond donors (Lipinski definition) is 1. The molecule has 0 spiro atoms. The molecule has 0 radical (unpaired) electrons. The van der Waals surface area contributed by atoms with E-state index in [0.29, 0.717) is 6.04 Å². The Hall–Kier alpha value is -0.480. The van der Waals surface area contributed by atoms with Crippen LogP contribution < -0.4 is 5.32 Å². The normalized spacial score (nSPS) is 18.0. The third-order valence-corrected chi connectivity index (χ3v) is 5.28. The quantitative estimate of drug-likeness (QED) is 0.794. The number of rotatable bonds is 8. The Bertz CT molecular complexity index is 358. The smallest absolute Gasteiger partial charge is 0.0640 e. The Kier molecular flexibility index (Phi) is 6.24. The zero-order valence-electron chi connectivity index (χ0n) is 12.3. The largest absolute Gasteiger partial charge is 0.313 e. The Balaban J connectivity index is 1.79. The fourth-order valence-corrected chi connectivity index (χ4v) is 4.08. The fourth-order valence-electron chi connectivity index (χ4n) is 2.67. The topological polar surface area (TPSA) is 29.9 Å². The summed E-state index contributed by atoms with van der Waals surface area (Å²) in [7, 11) is 1.99. The summed E-state index contributed by atoms with van der Waals surface area (Å²) in [5.41, 5.74) is 1.21. The first-order chi connectivity index (χ1) is 9.28. The standard InChI is InChI=1S/C15H27N3S/c1-3-9-16-14(11-13-8-10-18(2)17-13)12-19-15-6-4-5-7-15/h8,10,14-16H,3-7,9,11-12H2,1-2H3. The molecule has 1 aliphatic rings. The summed E-state index contributed by atoms with van der Waals surface area (Å²) in [6.45, 7) is 3.34. The lowest BCUT2D eigenvalue weighted by molar-refractivity contribution is 0.541. The molecule has 0 aliphatic heterocycles. The van der Waals surface area contributed by atoms with E-state index in [1.165, 1.54) is 43.6 Å². The molecule has 19 heavy (non-hydrogen) atoms. The van der Waals surface area contributed by atoms with Crippen LogP contribution in [0.4, 0.5) is 0 Å². The molecule has 1 N–H and O–H groups in total. The van der Waals surface area contributed by atoms with Crippen molar-refractivity contribution in [2.24, 2.45) is 7.05 Å². The second-order valence-electron chi connectivity index (χ2n) is 5.58. The molecule has 1 saturated carbocycles. The van der Waals surface area contributed by atoms with Crippen LogP contribution in [0.5, 0.6) is 0 Å². The van der Waals surface area contributed by atoms with Gasteiger partial charge in [0.1, 0.15) is 0 Å². The van der Waals surface area contributed by atoms with E-state index < -0.39 is 0 Å². The molecule has 0 aromatic carbocycles. The van der Waals surface area contributed by atoms with Crippen LogP contribution in [0.25, 0.3) is 0 Å². The molecule has 2 rings (SSSR count). The highest BCUT2D eigenvalue weighted by Gasteiger charge is 2.18. The SMILES string of the molecule is CCCNC(CSC1CCCC1)Cc1ccn(C)n1. The molecule has 0 amide bonds. The van der Waals surface area contributed by atoms with E-state index in [4.69, 9.17) is 0 Å². The molecule has 1 aliphatic carbocycles. The maximum absolute atomic E-state index is 4.51. The maximum atomic E-state index is 4.51. The van der Waals surface area contributed by atoms with Crippen molar-refractivity contribution in [1.29, 1.82) is 0 Å². The Morgan fingerprint density at radius 2 is 2.26 bits per heavy atom. The first kappa shape index (κ1) is 14.9. The minimum absolute atomic E-state index is 0.570. The predicted molar refractivity (Wildman–Crippen MR) is 83.7 cm³/mol. The summed E-state index contributed by atoms with van der Waals surface area (Å²) >= 11 is 2.17. The molecule has 1 aromatic rings. The van der Waals surface area contributed by atoms with Gasteiger partial charge in [-0.2, -0.15) is 16.9 Å². The average Bonchev–Trinajstić information content (AvgIpc) is 3.04. The lowest BCUT2D eigenvalue weighted by Gasteiger charge is -2.19. The van der Waals surface area contributed by atoms with Crippen molar-refractivity contribution >= 4 is 11.8 Å². The van der Waals surface area contributed by atoms with Gasteiger partial charge in [0.25, 0.3) is 0 Å². The minimum Gasteiger partial charge on any atom is -0.313 e. The van der Waals surface area contributed by atoms with E-state index in [0.717, 1.165) is 18.2 Å². The van der Waals surface area contributed by atoms with E-state index in [1.54, 1.807) is 0 Å². The van der Waals surface area contributed by atoms with Crippen molar-refractivity contribution in [3.63, 3.8) is 0 Å². The number of nitrogens with one attached hydrogen (secondary N) is 1. The van der Waals surface area contributed by atoms with Crippen LogP contribution in [0, 0.1) is 0 Å². The van der Waals surface area contributed by atoms with E-state index in [-0.39, 0.29) is 0 Å². The van der Waals surface area contributed by atoms with Gasteiger partial charge in [-0.25, -0.2) is 0 Å². The van der Waals surface area contributed by atoms with Gasteiger partial charge >= 0.3 is 0 Å². The number of thioether (sulfide) groups is 1. The van der Waals surface area contributed by atoms with Gasteiger partial charge in [-0.3, -0.25) is 4.68 Å². The third-order valence-electron chi connectivity index (χ3n) is 3.74. The van der Waals surface area contributed by atoms with E-state index >= 15 is 0 Å². The highest BCUT2D eigenvalue weighted by Crippen LogP contribution is 2.29. The van der Waals surface area contributed by atoms with E-state index in [9.17, 15) is 0 Å². The number of hydrogen-bond acceptors (Lipinski definition) is 3. The van der Waals surface area contributed by atoms with Gasteiger partial charge in [0.05, 0.1) is 5.69 Å². The summed E-state index contributed by atoms with van der Waals surface area (Å²) in [4.78, 5) is 0. The molecule has 1 aromatic heterocycles. The van der Waals surface area contributed by atoms with Gasteiger partial charge in [-0.15, -0.1) is 0 Å². The van der Waals surface area contributed by atoms with E-state index in [1.807, 2.05) is 17.9 Å². The molecule has 0 bridgehead atoms. The van der Waals surface area contributed by atoms with Gasteiger partial charge in [-0.05, 0) is 31.9 Å². The predicted octanol–water partition coefficient (Wildman–Crippen LogP) is 3.01. The van der Waals surface area contributed by atoms with Gasteiger partial charge in [0, 0.05) is 36.7 Å². The molecule has 108 valence electrons. The highest BCUT2D eigenvalue weighted by atomic mass is 32.2. The number of aromatic nitrogens is 2. The van der Waals surface area contributed by atoms with Crippen LogP contribution in [0.2, 0.25) is 0 Å². The first-order valence-corrected chi connectivity index (χ1v) is 8.66. The van der Waals surface area contributed by atoms with Crippen molar-refractivity contribution in [2.75, 3.05) is 12.3 Å². The molecule has 3 nitrogen and oxygen atoms in total. The Morgan fingerprint density at radius 1 is 1.47 bits per heavy atom. The third kappa shape index (κ3) is 5.19. The van der Waals surface area contributed by atoms with Gasteiger partial charge < -0.3 is 5.32 Å². The molecule has 1 fully saturated rings. The van der Waals surface area contributed by atoms with Crippen molar-refractivity contribution in [2.45, 2.75) is 56.7 Å². The lowest BCUT2D eigenvalue weighted by atomic mass is 10.2. The molecule has 1 unspecified atom stereocenters. The van der Waals surface area contributed by atoms with Crippen molar-refractivity contribution in [3.05, 3.63) is 18.0 Å². The minimum atomic E-state index is 0.570. The van der Waals surface area contributed by atoms with Crippen LogP contribution >= 0.6 is 11.8 Å². The van der Waals surface area contributed by atoms with Crippen molar-refractivity contribution in [3.8, 4) is 0 Å². The molecular weight excluding hydrogens is 254 g/mol. The van der Waals surface area contributed by atoms with E-state index in [2.05, 4.69) is 35.2 Å². The summed E-state index contributed by atoms with van der Waals surface area (Å²) in [5, 5.41) is 9.10. The maximum Gasteiger partial charge on any atom is 0.0640 e. The number of aryl methyl sites for hydroxylation is 1. The molecule has 0 saturated heterocycles. The van der Waals surface area contributed by atoms with Crippen molar-refractivity contribution < 1.29 is 0 Å². The highest BCUT2D eigenvalue weighted by molar-refractivity contribution is 7.99. The van der Waals surface area contributed by atoms with Crippen LogP contribution in [0.3, 0.4) is 0 Å². The fraction of sp³-hybridized carbons (Fsp3) is 0.800. The zero-order chi connectivity index (χ0) is 13.5. The van der Waals surface area contributed by atoms with Gasteiger partial charge in [0.15, 0.2) is 0 Å². The Labute approximate surface area is 121 Å². The Morgan fingerprint density at radius 3 is 2.89 bits per heavy atom. The molecular formula is C15H27N3S. The van der Waals surface area contributed by atoms with Crippen LogP contribution in [0.1, 0.15) is 44.7 Å². The van der Waals surface area contributed by atoms with Crippen LogP contribution in [-0.4, -0.2) is 33.4 Å².